The minimum Gasteiger partial charge on any atom is -0.416 e. The van der Waals surface area contributed by atoms with Crippen molar-refractivity contribution in [2.75, 3.05) is 11.9 Å². The van der Waals surface area contributed by atoms with Crippen molar-refractivity contribution in [3.05, 3.63) is 65.8 Å². The summed E-state index contributed by atoms with van der Waals surface area (Å²) in [5.41, 5.74) is 2.88. The molecule has 0 bridgehead atoms. The predicted octanol–water partition coefficient (Wildman–Crippen LogP) is 2.74. The summed E-state index contributed by atoms with van der Waals surface area (Å²) < 4.78 is 11.0. The van der Waals surface area contributed by atoms with Crippen LogP contribution in [0.1, 0.15) is 6.92 Å². The number of hydrogen-bond donors (Lipinski definition) is 3. The number of anilines is 1. The quantitative estimate of drug-likeness (QED) is 0.333. The van der Waals surface area contributed by atoms with Gasteiger partial charge in [0.15, 0.2) is 0 Å². The second-order valence-electron chi connectivity index (χ2n) is 7.13. The minimum atomic E-state index is -0.678. The summed E-state index contributed by atoms with van der Waals surface area (Å²) in [5, 5.41) is 19.7. The maximum Gasteiger partial charge on any atom is 0.434 e. The fourth-order valence-corrected chi connectivity index (χ4v) is 3.25. The SMILES string of the molecule is CCNC(=O)Nc1cc(-c2nnc(-c3ccncc3)o2)c(-c2cncc(-c3n[nH]c(=O)o3)c2)cn1. The molecular weight excluding hydrogens is 454 g/mol. The highest BCUT2D eigenvalue weighted by Gasteiger charge is 2.19. The molecule has 35 heavy (non-hydrogen) atoms. The zero-order valence-corrected chi connectivity index (χ0v) is 18.2. The van der Waals surface area contributed by atoms with E-state index in [1.807, 2.05) is 6.92 Å². The van der Waals surface area contributed by atoms with Crippen molar-refractivity contribution in [2.24, 2.45) is 0 Å². The van der Waals surface area contributed by atoms with Gasteiger partial charge in [-0.1, -0.05) is 0 Å². The molecule has 5 aromatic heterocycles. The lowest BCUT2D eigenvalue weighted by Crippen LogP contribution is -2.28. The molecule has 0 atom stereocenters. The van der Waals surface area contributed by atoms with Crippen molar-refractivity contribution in [1.82, 2.24) is 40.7 Å². The molecule has 0 unspecified atom stereocenters. The monoisotopic (exact) mass is 471 g/mol. The molecule has 0 aliphatic carbocycles. The van der Waals surface area contributed by atoms with Gasteiger partial charge in [0.2, 0.25) is 11.8 Å². The van der Waals surface area contributed by atoms with Crippen LogP contribution >= 0.6 is 0 Å². The van der Waals surface area contributed by atoms with Crippen LogP contribution in [0.4, 0.5) is 10.6 Å². The van der Waals surface area contributed by atoms with Gasteiger partial charge in [-0.3, -0.25) is 15.3 Å². The van der Waals surface area contributed by atoms with Crippen LogP contribution in [-0.2, 0) is 0 Å². The molecule has 5 heterocycles. The summed E-state index contributed by atoms with van der Waals surface area (Å²) in [6, 6.07) is 6.44. The number of nitrogens with zero attached hydrogens (tertiary/aromatic N) is 6. The molecule has 0 fully saturated rings. The highest BCUT2D eigenvalue weighted by molar-refractivity contribution is 5.90. The molecule has 0 aromatic carbocycles. The molecule has 0 aliphatic heterocycles. The molecule has 5 aromatic rings. The van der Waals surface area contributed by atoms with E-state index in [1.54, 1.807) is 49.1 Å². The first-order valence-corrected chi connectivity index (χ1v) is 10.4. The average Bonchev–Trinajstić information content (AvgIpc) is 3.54. The van der Waals surface area contributed by atoms with E-state index in [0.29, 0.717) is 40.3 Å². The lowest BCUT2D eigenvalue weighted by molar-refractivity contribution is 0.252. The number of nitrogens with one attached hydrogen (secondary N) is 3. The molecule has 2 amide bonds. The molecule has 0 aliphatic rings. The Morgan fingerprint density at radius 2 is 1.71 bits per heavy atom. The molecule has 0 saturated heterocycles. The number of aromatic nitrogens is 7. The van der Waals surface area contributed by atoms with Gasteiger partial charge in [-0.25, -0.2) is 19.7 Å². The first-order chi connectivity index (χ1) is 17.1. The highest BCUT2D eigenvalue weighted by Crippen LogP contribution is 2.34. The Hall–Kier alpha value is -5.20. The van der Waals surface area contributed by atoms with Crippen LogP contribution < -0.4 is 16.4 Å². The third-order valence-electron chi connectivity index (χ3n) is 4.80. The minimum absolute atomic E-state index is 0.0890. The molecular formula is C22H17N9O4. The maximum absolute atomic E-state index is 12.0. The van der Waals surface area contributed by atoms with E-state index >= 15 is 0 Å². The Balaban J connectivity index is 1.59. The summed E-state index contributed by atoms with van der Waals surface area (Å²) in [4.78, 5) is 36.0. The number of rotatable bonds is 6. The van der Waals surface area contributed by atoms with Crippen LogP contribution in [0.2, 0.25) is 0 Å². The van der Waals surface area contributed by atoms with Gasteiger partial charge in [0.25, 0.3) is 5.89 Å². The lowest BCUT2D eigenvalue weighted by Gasteiger charge is -2.10. The number of hydrogen-bond acceptors (Lipinski definition) is 10. The predicted molar refractivity (Wildman–Crippen MR) is 123 cm³/mol. The standard InChI is InChI=1S/C22H17N9O4/c1-2-25-21(32)27-17-8-15(20-30-28-18(34-20)12-3-5-23-6-4-12)16(11-26-17)13-7-14(10-24-9-13)19-29-31-22(33)35-19/h3-11H,2H2,1H3,(H,31,33)(H2,25,26,27,32). The summed E-state index contributed by atoms with van der Waals surface area (Å²) in [7, 11) is 0. The Bertz CT molecular complexity index is 1540. The van der Waals surface area contributed by atoms with Crippen molar-refractivity contribution in [1.29, 1.82) is 0 Å². The largest absolute Gasteiger partial charge is 0.434 e. The first kappa shape index (κ1) is 21.6. The van der Waals surface area contributed by atoms with Crippen LogP contribution in [0.5, 0.6) is 0 Å². The van der Waals surface area contributed by atoms with Gasteiger partial charge >= 0.3 is 11.8 Å². The van der Waals surface area contributed by atoms with Gasteiger partial charge in [0.1, 0.15) is 5.82 Å². The van der Waals surface area contributed by atoms with Crippen LogP contribution in [-0.4, -0.2) is 47.9 Å². The van der Waals surface area contributed by atoms with Gasteiger partial charge in [0, 0.05) is 54.2 Å². The van der Waals surface area contributed by atoms with E-state index in [0.717, 1.165) is 0 Å². The number of carbonyl (C=O) groups is 1. The van der Waals surface area contributed by atoms with E-state index in [9.17, 15) is 9.59 Å². The van der Waals surface area contributed by atoms with Gasteiger partial charge in [-0.2, -0.15) is 0 Å². The molecule has 5 rings (SSSR count). The molecule has 13 heteroatoms. The highest BCUT2D eigenvalue weighted by atomic mass is 16.4. The number of pyridine rings is 3. The third-order valence-corrected chi connectivity index (χ3v) is 4.80. The number of aromatic amines is 1. The molecule has 174 valence electrons. The van der Waals surface area contributed by atoms with Crippen LogP contribution in [0.3, 0.4) is 0 Å². The fraction of sp³-hybridized carbons (Fsp3) is 0.0909. The zero-order valence-electron chi connectivity index (χ0n) is 18.2. The average molecular weight is 471 g/mol. The van der Waals surface area contributed by atoms with Crippen molar-refractivity contribution in [3.63, 3.8) is 0 Å². The number of H-pyrrole nitrogens is 1. The number of amides is 2. The smallest absolute Gasteiger partial charge is 0.416 e. The van der Waals surface area contributed by atoms with Gasteiger partial charge in [0.05, 0.1) is 11.1 Å². The van der Waals surface area contributed by atoms with Crippen LogP contribution in [0, 0.1) is 0 Å². The molecule has 0 radical (unpaired) electrons. The van der Waals surface area contributed by atoms with Crippen molar-refractivity contribution in [3.8, 4) is 45.5 Å². The summed E-state index contributed by atoms with van der Waals surface area (Å²) in [6.07, 6.45) is 7.90. The summed E-state index contributed by atoms with van der Waals surface area (Å²) >= 11 is 0. The van der Waals surface area contributed by atoms with Crippen LogP contribution in [0.15, 0.2) is 68.9 Å². The van der Waals surface area contributed by atoms with Gasteiger partial charge in [-0.15, -0.1) is 15.3 Å². The second-order valence-corrected chi connectivity index (χ2v) is 7.13. The van der Waals surface area contributed by atoms with E-state index in [1.165, 1.54) is 6.20 Å². The Kier molecular flexibility index (Phi) is 5.78. The van der Waals surface area contributed by atoms with E-state index in [2.05, 4.69) is 46.0 Å². The van der Waals surface area contributed by atoms with Gasteiger partial charge in [-0.05, 0) is 31.2 Å². The number of urea groups is 1. The molecule has 0 spiro atoms. The van der Waals surface area contributed by atoms with Crippen LogP contribution in [0.25, 0.3) is 45.5 Å². The van der Waals surface area contributed by atoms with Crippen molar-refractivity contribution in [2.45, 2.75) is 6.92 Å². The number of carbonyl (C=O) groups excluding carboxylic acids is 1. The summed E-state index contributed by atoms with van der Waals surface area (Å²) in [6.45, 7) is 2.26. The zero-order chi connectivity index (χ0) is 24.2. The molecule has 13 nitrogen and oxygen atoms in total. The Labute approximate surface area is 196 Å². The van der Waals surface area contributed by atoms with E-state index in [4.69, 9.17) is 8.83 Å². The van der Waals surface area contributed by atoms with Gasteiger partial charge < -0.3 is 14.2 Å². The fourth-order valence-electron chi connectivity index (χ4n) is 3.25. The maximum atomic E-state index is 12.0. The lowest BCUT2D eigenvalue weighted by atomic mass is 10.0. The topological polar surface area (TPSA) is 178 Å². The van der Waals surface area contributed by atoms with E-state index < -0.39 is 11.8 Å². The Morgan fingerprint density at radius 3 is 2.49 bits per heavy atom. The first-order valence-electron chi connectivity index (χ1n) is 10.4. The Morgan fingerprint density at radius 1 is 0.914 bits per heavy atom. The molecule has 3 N–H and O–H groups in total. The van der Waals surface area contributed by atoms with E-state index in [-0.39, 0.29) is 17.6 Å². The van der Waals surface area contributed by atoms with Crippen molar-refractivity contribution < 1.29 is 13.6 Å². The normalized spacial score (nSPS) is 10.8. The van der Waals surface area contributed by atoms with Crippen molar-refractivity contribution >= 4 is 11.8 Å². The molecule has 0 saturated carbocycles. The second kappa shape index (κ2) is 9.35. The summed E-state index contributed by atoms with van der Waals surface area (Å²) in [5.74, 6) is 0.188. The third kappa shape index (κ3) is 4.64.